The summed E-state index contributed by atoms with van der Waals surface area (Å²) >= 11 is 0. The molecule has 0 spiro atoms. The highest BCUT2D eigenvalue weighted by atomic mass is 16.5. The van der Waals surface area contributed by atoms with Crippen molar-refractivity contribution in [2.45, 2.75) is 39.7 Å². The maximum atomic E-state index is 5.55. The predicted molar refractivity (Wildman–Crippen MR) is 102 cm³/mol. The van der Waals surface area contributed by atoms with Gasteiger partial charge in [-0.1, -0.05) is 19.1 Å². The molecular formula is C20H29N3O2. The number of aliphatic imine (C=N–C) groups is 1. The molecule has 25 heavy (non-hydrogen) atoms. The van der Waals surface area contributed by atoms with E-state index in [1.165, 1.54) is 5.56 Å². The average Bonchev–Trinajstić information content (AvgIpc) is 2.95. The van der Waals surface area contributed by atoms with Gasteiger partial charge in [0, 0.05) is 25.7 Å². The van der Waals surface area contributed by atoms with Crippen molar-refractivity contribution in [1.82, 2.24) is 10.6 Å². The molecule has 1 heterocycles. The van der Waals surface area contributed by atoms with Crippen LogP contribution in [-0.4, -0.2) is 26.7 Å². The number of methoxy groups -OCH3 is 1. The van der Waals surface area contributed by atoms with E-state index < -0.39 is 0 Å². The molecule has 0 saturated carbocycles. The second-order valence-electron chi connectivity index (χ2n) is 6.25. The maximum absolute atomic E-state index is 5.55. The van der Waals surface area contributed by atoms with Crippen LogP contribution in [0.4, 0.5) is 0 Å². The first-order valence-corrected chi connectivity index (χ1v) is 8.68. The van der Waals surface area contributed by atoms with Gasteiger partial charge in [-0.05, 0) is 49.9 Å². The fourth-order valence-corrected chi connectivity index (χ4v) is 2.76. The lowest BCUT2D eigenvalue weighted by molar-refractivity contribution is 0.414. The Balaban J connectivity index is 1.77. The molecule has 0 radical (unpaired) electrons. The zero-order chi connectivity index (χ0) is 18.2. The summed E-state index contributed by atoms with van der Waals surface area (Å²) in [5.41, 5.74) is 2.47. The number of benzene rings is 1. The molecule has 1 aromatic carbocycles. The SMILES string of the molecule is CN=C(NCCC(C)c1ccc(OC)cc1)NCc1cc(C)oc1C. The molecule has 1 atom stereocenters. The summed E-state index contributed by atoms with van der Waals surface area (Å²) in [6.45, 7) is 7.74. The Morgan fingerprint density at radius 1 is 1.20 bits per heavy atom. The third-order valence-electron chi connectivity index (χ3n) is 4.37. The zero-order valence-electron chi connectivity index (χ0n) is 15.8. The van der Waals surface area contributed by atoms with E-state index in [4.69, 9.17) is 9.15 Å². The van der Waals surface area contributed by atoms with E-state index in [9.17, 15) is 0 Å². The van der Waals surface area contributed by atoms with Crippen molar-refractivity contribution in [3.63, 3.8) is 0 Å². The van der Waals surface area contributed by atoms with Crippen LogP contribution in [-0.2, 0) is 6.54 Å². The van der Waals surface area contributed by atoms with Crippen LogP contribution in [0.2, 0.25) is 0 Å². The number of nitrogens with one attached hydrogen (secondary N) is 2. The fraction of sp³-hybridized carbons (Fsp3) is 0.450. The molecule has 0 fully saturated rings. The third-order valence-corrected chi connectivity index (χ3v) is 4.37. The molecule has 2 aromatic rings. The van der Waals surface area contributed by atoms with E-state index in [1.54, 1.807) is 14.2 Å². The molecule has 2 N–H and O–H groups in total. The van der Waals surface area contributed by atoms with Crippen LogP contribution < -0.4 is 15.4 Å². The monoisotopic (exact) mass is 343 g/mol. The molecule has 1 unspecified atom stereocenters. The molecular weight excluding hydrogens is 314 g/mol. The molecule has 0 aliphatic rings. The Hall–Kier alpha value is -2.43. The van der Waals surface area contributed by atoms with Gasteiger partial charge in [0.1, 0.15) is 17.3 Å². The lowest BCUT2D eigenvalue weighted by atomic mass is 9.98. The standard InChI is InChI=1S/C20H29N3O2/c1-14(17-6-8-19(24-5)9-7-17)10-11-22-20(21-4)23-13-18-12-15(2)25-16(18)3/h6-9,12,14H,10-11,13H2,1-5H3,(H2,21,22,23). The van der Waals surface area contributed by atoms with Crippen molar-refractivity contribution < 1.29 is 9.15 Å². The number of guanidine groups is 1. The number of rotatable bonds is 7. The minimum Gasteiger partial charge on any atom is -0.497 e. The van der Waals surface area contributed by atoms with E-state index in [-0.39, 0.29) is 0 Å². The van der Waals surface area contributed by atoms with Gasteiger partial charge in [0.05, 0.1) is 7.11 Å². The number of aryl methyl sites for hydroxylation is 2. The van der Waals surface area contributed by atoms with Gasteiger partial charge in [-0.15, -0.1) is 0 Å². The molecule has 2 rings (SSSR count). The van der Waals surface area contributed by atoms with E-state index in [2.05, 4.69) is 40.7 Å². The lowest BCUT2D eigenvalue weighted by Gasteiger charge is -2.15. The first kappa shape index (κ1) is 18.9. The van der Waals surface area contributed by atoms with E-state index >= 15 is 0 Å². The van der Waals surface area contributed by atoms with Gasteiger partial charge in [0.25, 0.3) is 0 Å². The first-order chi connectivity index (χ1) is 12.0. The first-order valence-electron chi connectivity index (χ1n) is 8.68. The van der Waals surface area contributed by atoms with Crippen molar-refractivity contribution in [3.05, 3.63) is 53.0 Å². The summed E-state index contributed by atoms with van der Waals surface area (Å²) in [4.78, 5) is 4.28. The minimum atomic E-state index is 0.468. The smallest absolute Gasteiger partial charge is 0.191 e. The molecule has 5 heteroatoms. The quantitative estimate of drug-likeness (QED) is 0.593. The summed E-state index contributed by atoms with van der Waals surface area (Å²) in [6, 6.07) is 10.3. The Morgan fingerprint density at radius 2 is 1.92 bits per heavy atom. The van der Waals surface area contributed by atoms with Crippen molar-refractivity contribution in [2.24, 2.45) is 4.99 Å². The van der Waals surface area contributed by atoms with Crippen LogP contribution in [0.15, 0.2) is 39.7 Å². The summed E-state index contributed by atoms with van der Waals surface area (Å²) < 4.78 is 10.8. The fourth-order valence-electron chi connectivity index (χ4n) is 2.76. The molecule has 0 aliphatic carbocycles. The van der Waals surface area contributed by atoms with Gasteiger partial charge in [-0.2, -0.15) is 0 Å². The number of hydrogen-bond donors (Lipinski definition) is 2. The second kappa shape index (κ2) is 9.16. The van der Waals surface area contributed by atoms with Gasteiger partial charge < -0.3 is 19.8 Å². The molecule has 0 amide bonds. The van der Waals surface area contributed by atoms with Crippen molar-refractivity contribution in [3.8, 4) is 5.75 Å². The predicted octanol–water partition coefficient (Wildman–Crippen LogP) is 3.76. The Labute approximate surface area is 150 Å². The summed E-state index contributed by atoms with van der Waals surface area (Å²) in [5, 5.41) is 6.70. The van der Waals surface area contributed by atoms with Crippen LogP contribution in [0.5, 0.6) is 5.75 Å². The number of nitrogens with zero attached hydrogens (tertiary/aromatic N) is 1. The largest absolute Gasteiger partial charge is 0.497 e. The molecule has 5 nitrogen and oxygen atoms in total. The van der Waals surface area contributed by atoms with Crippen LogP contribution in [0.3, 0.4) is 0 Å². The molecule has 0 aliphatic heterocycles. The van der Waals surface area contributed by atoms with Gasteiger partial charge in [0.2, 0.25) is 0 Å². The minimum absolute atomic E-state index is 0.468. The maximum Gasteiger partial charge on any atom is 0.191 e. The molecule has 0 bridgehead atoms. The average molecular weight is 343 g/mol. The van der Waals surface area contributed by atoms with Crippen molar-refractivity contribution in [2.75, 3.05) is 20.7 Å². The van der Waals surface area contributed by atoms with Gasteiger partial charge in [-0.3, -0.25) is 4.99 Å². The van der Waals surface area contributed by atoms with E-state index in [1.807, 2.05) is 26.0 Å². The van der Waals surface area contributed by atoms with Gasteiger partial charge in [-0.25, -0.2) is 0 Å². The highest BCUT2D eigenvalue weighted by Gasteiger charge is 2.08. The topological polar surface area (TPSA) is 58.8 Å². The van der Waals surface area contributed by atoms with E-state index in [0.29, 0.717) is 12.5 Å². The molecule has 1 aromatic heterocycles. The number of furan rings is 1. The molecule has 136 valence electrons. The number of hydrogen-bond acceptors (Lipinski definition) is 3. The van der Waals surface area contributed by atoms with Crippen LogP contribution >= 0.6 is 0 Å². The highest BCUT2D eigenvalue weighted by molar-refractivity contribution is 5.79. The Bertz CT molecular complexity index is 689. The second-order valence-corrected chi connectivity index (χ2v) is 6.25. The third kappa shape index (κ3) is 5.55. The zero-order valence-corrected chi connectivity index (χ0v) is 15.8. The van der Waals surface area contributed by atoms with Crippen LogP contribution in [0.1, 0.15) is 41.9 Å². The van der Waals surface area contributed by atoms with Crippen molar-refractivity contribution >= 4 is 5.96 Å². The summed E-state index contributed by atoms with van der Waals surface area (Å²) in [6.07, 6.45) is 1.02. The Kier molecular flexibility index (Phi) is 6.92. The van der Waals surface area contributed by atoms with Crippen molar-refractivity contribution in [1.29, 1.82) is 0 Å². The summed E-state index contributed by atoms with van der Waals surface area (Å²) in [7, 11) is 3.48. The summed E-state index contributed by atoms with van der Waals surface area (Å²) in [5.74, 6) is 4.05. The molecule has 0 saturated heterocycles. The van der Waals surface area contributed by atoms with E-state index in [0.717, 1.165) is 41.8 Å². The normalized spacial score (nSPS) is 12.8. The Morgan fingerprint density at radius 3 is 2.48 bits per heavy atom. The van der Waals surface area contributed by atoms with Crippen LogP contribution in [0.25, 0.3) is 0 Å². The van der Waals surface area contributed by atoms with Gasteiger partial charge >= 0.3 is 0 Å². The lowest BCUT2D eigenvalue weighted by Crippen LogP contribution is -2.37. The van der Waals surface area contributed by atoms with Crippen LogP contribution in [0, 0.1) is 13.8 Å². The number of ether oxygens (including phenoxy) is 1. The van der Waals surface area contributed by atoms with Gasteiger partial charge in [0.15, 0.2) is 5.96 Å². The highest BCUT2D eigenvalue weighted by Crippen LogP contribution is 2.21.